The fourth-order valence-corrected chi connectivity index (χ4v) is 2.84. The zero-order chi connectivity index (χ0) is 17.3. The van der Waals surface area contributed by atoms with Crippen LogP contribution in [0.4, 0.5) is 0 Å². The molecule has 0 aliphatic heterocycles. The van der Waals surface area contributed by atoms with E-state index >= 15 is 0 Å². The number of hydrogen-bond donors (Lipinski definition) is 1. The number of rotatable bonds is 4. The molecule has 0 aliphatic rings. The van der Waals surface area contributed by atoms with E-state index in [9.17, 15) is 4.79 Å². The van der Waals surface area contributed by atoms with E-state index in [4.69, 9.17) is 4.98 Å². The van der Waals surface area contributed by atoms with Gasteiger partial charge in [0, 0.05) is 18.2 Å². The third-order valence-corrected chi connectivity index (χ3v) is 4.06. The van der Waals surface area contributed by atoms with Crippen molar-refractivity contribution in [1.82, 2.24) is 20.1 Å². The zero-order valence-corrected chi connectivity index (χ0v) is 14.5. The van der Waals surface area contributed by atoms with Crippen LogP contribution in [0.2, 0.25) is 0 Å². The highest BCUT2D eigenvalue weighted by Crippen LogP contribution is 2.28. The highest BCUT2D eigenvalue weighted by molar-refractivity contribution is 6.06. The Morgan fingerprint density at radius 3 is 2.71 bits per heavy atom. The lowest BCUT2D eigenvalue weighted by atomic mass is 10.0. The largest absolute Gasteiger partial charge is 0.352 e. The summed E-state index contributed by atoms with van der Waals surface area (Å²) in [6, 6.07) is 10.1. The Balaban J connectivity index is 2.29. The smallest absolute Gasteiger partial charge is 0.252 e. The van der Waals surface area contributed by atoms with Crippen LogP contribution >= 0.6 is 0 Å². The van der Waals surface area contributed by atoms with E-state index in [-0.39, 0.29) is 11.9 Å². The second-order valence-corrected chi connectivity index (χ2v) is 6.15. The Labute approximate surface area is 141 Å². The first-order chi connectivity index (χ1) is 11.5. The molecule has 3 rings (SSSR count). The van der Waals surface area contributed by atoms with Gasteiger partial charge in [-0.1, -0.05) is 24.3 Å². The van der Waals surface area contributed by atoms with Crippen molar-refractivity contribution in [3.8, 4) is 11.3 Å². The standard InChI is InChI=1S/C19H22N4O/c1-5-20-19(24)15-10-17(14-9-7-6-8-13(14)4)22-18-16(15)11-21-23(18)12(2)3/h6-12H,5H2,1-4H3,(H,20,24). The summed E-state index contributed by atoms with van der Waals surface area (Å²) in [4.78, 5) is 17.3. The van der Waals surface area contributed by atoms with Crippen LogP contribution in [0.25, 0.3) is 22.3 Å². The number of carbonyl (C=O) groups excluding carboxylic acids is 1. The molecule has 0 bridgehead atoms. The van der Waals surface area contributed by atoms with Gasteiger partial charge in [-0.15, -0.1) is 0 Å². The second-order valence-electron chi connectivity index (χ2n) is 6.15. The summed E-state index contributed by atoms with van der Waals surface area (Å²) in [6.07, 6.45) is 1.73. The molecule has 24 heavy (non-hydrogen) atoms. The molecule has 0 saturated carbocycles. The first-order valence-electron chi connectivity index (χ1n) is 8.25. The maximum Gasteiger partial charge on any atom is 0.252 e. The molecule has 124 valence electrons. The quantitative estimate of drug-likeness (QED) is 0.796. The number of hydrogen-bond acceptors (Lipinski definition) is 3. The molecule has 2 aromatic heterocycles. The third-order valence-electron chi connectivity index (χ3n) is 4.06. The summed E-state index contributed by atoms with van der Waals surface area (Å²) in [7, 11) is 0. The maximum atomic E-state index is 12.5. The van der Waals surface area contributed by atoms with Gasteiger partial charge in [0.2, 0.25) is 0 Å². The van der Waals surface area contributed by atoms with Crippen molar-refractivity contribution in [3.05, 3.63) is 47.7 Å². The lowest BCUT2D eigenvalue weighted by molar-refractivity contribution is 0.0957. The number of carbonyl (C=O) groups is 1. The normalized spacial score (nSPS) is 11.2. The van der Waals surface area contributed by atoms with Crippen LogP contribution in [-0.4, -0.2) is 27.2 Å². The summed E-state index contributed by atoms with van der Waals surface area (Å²) in [5.74, 6) is -0.0944. The Morgan fingerprint density at radius 2 is 2.04 bits per heavy atom. The van der Waals surface area contributed by atoms with Crippen molar-refractivity contribution in [2.24, 2.45) is 0 Å². The van der Waals surface area contributed by atoms with Gasteiger partial charge >= 0.3 is 0 Å². The predicted octanol–water partition coefficient (Wildman–Crippen LogP) is 3.74. The van der Waals surface area contributed by atoms with Crippen LogP contribution in [0.5, 0.6) is 0 Å². The SMILES string of the molecule is CCNC(=O)c1cc(-c2ccccc2C)nc2c1cnn2C(C)C. The number of nitrogens with one attached hydrogen (secondary N) is 1. The minimum Gasteiger partial charge on any atom is -0.352 e. The number of fused-ring (bicyclic) bond motifs is 1. The molecule has 5 heteroatoms. The first-order valence-corrected chi connectivity index (χ1v) is 8.25. The summed E-state index contributed by atoms with van der Waals surface area (Å²) in [5.41, 5.74) is 4.31. The Kier molecular flexibility index (Phi) is 4.34. The van der Waals surface area contributed by atoms with Crippen LogP contribution in [-0.2, 0) is 0 Å². The molecular weight excluding hydrogens is 300 g/mol. The van der Waals surface area contributed by atoms with Crippen molar-refractivity contribution >= 4 is 16.9 Å². The maximum absolute atomic E-state index is 12.5. The number of aromatic nitrogens is 3. The van der Waals surface area contributed by atoms with Gasteiger partial charge < -0.3 is 5.32 Å². The zero-order valence-electron chi connectivity index (χ0n) is 14.5. The lowest BCUT2D eigenvalue weighted by Crippen LogP contribution is -2.23. The molecule has 0 spiro atoms. The van der Waals surface area contributed by atoms with Crippen molar-refractivity contribution in [1.29, 1.82) is 0 Å². The van der Waals surface area contributed by atoms with Crippen LogP contribution in [0.15, 0.2) is 36.5 Å². The van der Waals surface area contributed by atoms with Gasteiger partial charge in [0.05, 0.1) is 22.8 Å². The van der Waals surface area contributed by atoms with Gasteiger partial charge in [0.1, 0.15) is 0 Å². The van der Waals surface area contributed by atoms with Crippen LogP contribution in [0.3, 0.4) is 0 Å². The summed E-state index contributed by atoms with van der Waals surface area (Å²) in [5, 5.41) is 8.10. The Bertz CT molecular complexity index is 896. The van der Waals surface area contributed by atoms with Gasteiger partial charge in [0.25, 0.3) is 5.91 Å². The Morgan fingerprint density at radius 1 is 1.29 bits per heavy atom. The fraction of sp³-hybridized carbons (Fsp3) is 0.316. The summed E-state index contributed by atoms with van der Waals surface area (Å²) < 4.78 is 1.86. The fourth-order valence-electron chi connectivity index (χ4n) is 2.84. The molecule has 0 radical (unpaired) electrons. The summed E-state index contributed by atoms with van der Waals surface area (Å²) >= 11 is 0. The van der Waals surface area contributed by atoms with Crippen molar-refractivity contribution in [3.63, 3.8) is 0 Å². The number of nitrogens with zero attached hydrogens (tertiary/aromatic N) is 3. The van der Waals surface area contributed by atoms with E-state index in [0.717, 1.165) is 27.9 Å². The molecule has 0 fully saturated rings. The second kappa shape index (κ2) is 6.43. The van der Waals surface area contributed by atoms with E-state index in [2.05, 4.69) is 24.3 Å². The predicted molar refractivity (Wildman–Crippen MR) is 96.1 cm³/mol. The van der Waals surface area contributed by atoms with E-state index in [1.54, 1.807) is 6.20 Å². The monoisotopic (exact) mass is 322 g/mol. The van der Waals surface area contributed by atoms with Crippen LogP contribution in [0, 0.1) is 6.92 Å². The van der Waals surface area contributed by atoms with Gasteiger partial charge in [0.15, 0.2) is 5.65 Å². The minimum atomic E-state index is -0.0944. The van der Waals surface area contributed by atoms with Crippen molar-refractivity contribution in [2.75, 3.05) is 6.54 Å². The van der Waals surface area contributed by atoms with E-state index in [0.29, 0.717) is 12.1 Å². The van der Waals surface area contributed by atoms with Crippen molar-refractivity contribution < 1.29 is 4.79 Å². The molecule has 0 unspecified atom stereocenters. The number of aryl methyl sites for hydroxylation is 1. The van der Waals surface area contributed by atoms with Gasteiger partial charge in [-0.3, -0.25) is 4.79 Å². The summed E-state index contributed by atoms with van der Waals surface area (Å²) in [6.45, 7) is 8.66. The number of benzene rings is 1. The molecule has 0 atom stereocenters. The van der Waals surface area contributed by atoms with E-state index in [1.165, 1.54) is 0 Å². The minimum absolute atomic E-state index is 0.0944. The van der Waals surface area contributed by atoms with Crippen LogP contribution in [0.1, 0.15) is 42.7 Å². The van der Waals surface area contributed by atoms with E-state index in [1.807, 2.05) is 48.9 Å². The molecule has 0 aliphatic carbocycles. The number of amides is 1. The number of pyridine rings is 1. The first kappa shape index (κ1) is 16.2. The van der Waals surface area contributed by atoms with Gasteiger partial charge in [-0.2, -0.15) is 5.10 Å². The lowest BCUT2D eigenvalue weighted by Gasteiger charge is -2.11. The van der Waals surface area contributed by atoms with Gasteiger partial charge in [-0.05, 0) is 39.3 Å². The molecule has 5 nitrogen and oxygen atoms in total. The third kappa shape index (κ3) is 2.77. The highest BCUT2D eigenvalue weighted by Gasteiger charge is 2.18. The molecule has 0 saturated heterocycles. The molecule has 1 amide bonds. The Hall–Kier alpha value is -2.69. The van der Waals surface area contributed by atoms with Crippen LogP contribution < -0.4 is 5.32 Å². The average molecular weight is 322 g/mol. The average Bonchev–Trinajstić information content (AvgIpc) is 2.98. The molecule has 2 heterocycles. The molecule has 3 aromatic rings. The molecular formula is C19H22N4O. The topological polar surface area (TPSA) is 59.8 Å². The van der Waals surface area contributed by atoms with Crippen molar-refractivity contribution in [2.45, 2.75) is 33.7 Å². The van der Waals surface area contributed by atoms with E-state index < -0.39 is 0 Å². The van der Waals surface area contributed by atoms with Gasteiger partial charge in [-0.25, -0.2) is 9.67 Å². The molecule has 1 N–H and O–H groups in total. The molecule has 1 aromatic carbocycles. The highest BCUT2D eigenvalue weighted by atomic mass is 16.1.